The fourth-order valence-corrected chi connectivity index (χ4v) is 3.50. The number of nitro groups is 2. The van der Waals surface area contributed by atoms with Gasteiger partial charge in [0.15, 0.2) is 0 Å². The van der Waals surface area contributed by atoms with E-state index in [0.717, 1.165) is 48.5 Å². The van der Waals surface area contributed by atoms with Crippen LogP contribution in [0.1, 0.15) is 34.1 Å². The van der Waals surface area contributed by atoms with Crippen LogP contribution in [0.15, 0.2) is 48.5 Å². The van der Waals surface area contributed by atoms with Crippen molar-refractivity contribution in [2.24, 2.45) is 0 Å². The minimum absolute atomic E-state index is 0.116. The van der Waals surface area contributed by atoms with Gasteiger partial charge in [-0.3, -0.25) is 25.0 Å². The van der Waals surface area contributed by atoms with Crippen molar-refractivity contribution in [3.05, 3.63) is 79.9 Å². The van der Waals surface area contributed by atoms with Gasteiger partial charge in [-0.1, -0.05) is 0 Å². The number of benzene rings is 2. The molecule has 1 aliphatic rings. The predicted octanol–water partition coefficient (Wildman–Crippen LogP) is 3.07. The van der Waals surface area contributed by atoms with Crippen LogP contribution in [0, 0.1) is 20.2 Å². The molecule has 1 unspecified atom stereocenters. The first-order valence-electron chi connectivity index (χ1n) is 10.7. The zero-order valence-corrected chi connectivity index (χ0v) is 19.2. The molecule has 13 nitrogen and oxygen atoms in total. The summed E-state index contributed by atoms with van der Waals surface area (Å²) in [6, 6.07) is 6.96. The lowest BCUT2D eigenvalue weighted by molar-refractivity contribution is -0.385. The largest absolute Gasteiger partial charge is 0.471 e. The molecule has 1 fully saturated rings. The number of amides is 1. The van der Waals surface area contributed by atoms with E-state index in [0.29, 0.717) is 0 Å². The van der Waals surface area contributed by atoms with Gasteiger partial charge in [0.1, 0.15) is 6.10 Å². The SMILES string of the molecule is C[C@@H]1OC(OC(=O)c2ccc([N+](=O)[O-])cc2)C[C@H](NC(=O)C(F)(F)F)[C@@H]1OC(=O)c1ccc([N+](=O)[O-])cc1. The van der Waals surface area contributed by atoms with Crippen LogP contribution in [0.25, 0.3) is 0 Å². The Morgan fingerprint density at radius 2 is 1.34 bits per heavy atom. The summed E-state index contributed by atoms with van der Waals surface area (Å²) in [5, 5.41) is 23.3. The Kier molecular flexibility index (Phi) is 8.25. The van der Waals surface area contributed by atoms with Crippen molar-refractivity contribution in [2.75, 3.05) is 0 Å². The molecule has 0 aliphatic carbocycles. The standard InChI is InChI=1S/C22H18F3N3O10/c1-11-18(38-20(30)13-4-8-15(9-5-13)28(34)35)16(26-21(31)22(23,24)25)10-17(36-11)37-19(29)12-2-6-14(7-3-12)27(32)33/h2-9,11,16-18H,10H2,1H3,(H,26,31)/t11-,16-,17?,18+/m0/s1. The second-order valence-electron chi connectivity index (χ2n) is 7.97. The fourth-order valence-electron chi connectivity index (χ4n) is 3.50. The molecule has 0 aromatic heterocycles. The highest BCUT2D eigenvalue weighted by Gasteiger charge is 2.46. The van der Waals surface area contributed by atoms with Crippen LogP contribution in [0.2, 0.25) is 0 Å². The quantitative estimate of drug-likeness (QED) is 0.311. The van der Waals surface area contributed by atoms with Gasteiger partial charge in [-0.2, -0.15) is 13.2 Å². The maximum atomic E-state index is 12.9. The van der Waals surface area contributed by atoms with E-state index >= 15 is 0 Å². The van der Waals surface area contributed by atoms with E-state index < -0.39 is 64.8 Å². The summed E-state index contributed by atoms with van der Waals surface area (Å²) < 4.78 is 54.7. The minimum atomic E-state index is -5.28. The number of alkyl halides is 3. The van der Waals surface area contributed by atoms with Crippen molar-refractivity contribution in [2.45, 2.75) is 44.1 Å². The van der Waals surface area contributed by atoms with Gasteiger partial charge in [-0.05, 0) is 31.2 Å². The second-order valence-corrected chi connectivity index (χ2v) is 7.97. The highest BCUT2D eigenvalue weighted by molar-refractivity contribution is 5.90. The number of carbonyl (C=O) groups excluding carboxylic acids is 3. The number of hydrogen-bond acceptors (Lipinski definition) is 10. The summed E-state index contributed by atoms with van der Waals surface area (Å²) in [6.07, 6.45) is -9.99. The Balaban J connectivity index is 1.76. The normalized spacial score (nSPS) is 21.2. The van der Waals surface area contributed by atoms with E-state index in [1.54, 1.807) is 5.32 Å². The van der Waals surface area contributed by atoms with Gasteiger partial charge >= 0.3 is 24.0 Å². The lowest BCUT2D eigenvalue weighted by Gasteiger charge is -2.39. The third kappa shape index (κ3) is 6.78. The molecule has 2 aromatic rings. The summed E-state index contributed by atoms with van der Waals surface area (Å²) in [7, 11) is 0. The molecular formula is C22H18F3N3O10. The van der Waals surface area contributed by atoms with Gasteiger partial charge in [-0.15, -0.1) is 0 Å². The molecule has 3 rings (SSSR count). The maximum Gasteiger partial charge on any atom is 0.471 e. The molecule has 202 valence electrons. The Labute approximate surface area is 210 Å². The summed E-state index contributed by atoms with van der Waals surface area (Å²) in [4.78, 5) is 56.8. The average Bonchev–Trinajstić information content (AvgIpc) is 2.85. The summed E-state index contributed by atoms with van der Waals surface area (Å²) in [5.41, 5.74) is -0.884. The molecular weight excluding hydrogens is 523 g/mol. The van der Waals surface area contributed by atoms with E-state index in [4.69, 9.17) is 14.2 Å². The third-order valence-electron chi connectivity index (χ3n) is 5.36. The number of rotatable bonds is 7. The van der Waals surface area contributed by atoms with Crippen LogP contribution in [0.3, 0.4) is 0 Å². The highest BCUT2D eigenvalue weighted by atomic mass is 19.4. The van der Waals surface area contributed by atoms with Crippen LogP contribution >= 0.6 is 0 Å². The average molecular weight is 541 g/mol. The Bertz CT molecular complexity index is 1230. The van der Waals surface area contributed by atoms with Crippen molar-refractivity contribution in [3.63, 3.8) is 0 Å². The monoisotopic (exact) mass is 541 g/mol. The number of halogens is 3. The van der Waals surface area contributed by atoms with Crippen molar-refractivity contribution >= 4 is 29.2 Å². The molecule has 0 radical (unpaired) electrons. The summed E-state index contributed by atoms with van der Waals surface area (Å²) in [5.74, 6) is -4.42. The van der Waals surface area contributed by atoms with E-state index in [-0.39, 0.29) is 22.5 Å². The lowest BCUT2D eigenvalue weighted by Crippen LogP contribution is -2.58. The van der Waals surface area contributed by atoms with Crippen LogP contribution in [-0.2, 0) is 19.0 Å². The van der Waals surface area contributed by atoms with E-state index in [1.807, 2.05) is 0 Å². The number of non-ortho nitro benzene ring substituents is 2. The smallest absolute Gasteiger partial charge is 0.454 e. The molecule has 16 heteroatoms. The molecule has 0 spiro atoms. The summed E-state index contributed by atoms with van der Waals surface area (Å²) >= 11 is 0. The van der Waals surface area contributed by atoms with Crippen molar-refractivity contribution in [1.29, 1.82) is 0 Å². The summed E-state index contributed by atoms with van der Waals surface area (Å²) in [6.45, 7) is 1.30. The van der Waals surface area contributed by atoms with Gasteiger partial charge in [0.05, 0.1) is 33.1 Å². The number of hydrogen-bond donors (Lipinski definition) is 1. The number of nitro benzene ring substituents is 2. The first kappa shape index (κ1) is 28.0. The molecule has 1 amide bonds. The molecule has 2 aromatic carbocycles. The van der Waals surface area contributed by atoms with Crippen LogP contribution < -0.4 is 5.32 Å². The molecule has 4 atom stereocenters. The molecule has 1 aliphatic heterocycles. The Morgan fingerprint density at radius 1 is 0.895 bits per heavy atom. The zero-order chi connectivity index (χ0) is 28.2. The topological polar surface area (TPSA) is 177 Å². The molecule has 1 N–H and O–H groups in total. The maximum absolute atomic E-state index is 12.9. The van der Waals surface area contributed by atoms with Crippen LogP contribution in [-0.4, -0.2) is 58.4 Å². The molecule has 0 saturated carbocycles. The Morgan fingerprint density at radius 3 is 1.76 bits per heavy atom. The van der Waals surface area contributed by atoms with Gasteiger partial charge < -0.3 is 19.5 Å². The van der Waals surface area contributed by atoms with Crippen LogP contribution in [0.4, 0.5) is 24.5 Å². The number of nitrogens with zero attached hydrogens (tertiary/aromatic N) is 2. The third-order valence-corrected chi connectivity index (χ3v) is 5.36. The molecule has 1 heterocycles. The van der Waals surface area contributed by atoms with Crippen molar-refractivity contribution in [1.82, 2.24) is 5.32 Å². The van der Waals surface area contributed by atoms with Gasteiger partial charge in [-0.25, -0.2) is 9.59 Å². The number of nitrogens with one attached hydrogen (secondary N) is 1. The van der Waals surface area contributed by atoms with E-state index in [9.17, 15) is 47.8 Å². The van der Waals surface area contributed by atoms with Gasteiger partial charge in [0, 0.05) is 30.7 Å². The van der Waals surface area contributed by atoms with Crippen LogP contribution in [0.5, 0.6) is 0 Å². The molecule has 38 heavy (non-hydrogen) atoms. The first-order valence-corrected chi connectivity index (χ1v) is 10.7. The number of ether oxygens (including phenoxy) is 3. The minimum Gasteiger partial charge on any atom is -0.454 e. The fraction of sp³-hybridized carbons (Fsp3) is 0.318. The number of carbonyl (C=O) groups is 3. The highest BCUT2D eigenvalue weighted by Crippen LogP contribution is 2.27. The first-order chi connectivity index (χ1) is 17.8. The molecule has 1 saturated heterocycles. The lowest BCUT2D eigenvalue weighted by atomic mass is 9.98. The van der Waals surface area contributed by atoms with Gasteiger partial charge in [0.25, 0.3) is 11.4 Å². The van der Waals surface area contributed by atoms with E-state index in [1.165, 1.54) is 6.92 Å². The van der Waals surface area contributed by atoms with Crippen molar-refractivity contribution in [3.8, 4) is 0 Å². The second kappa shape index (κ2) is 11.2. The van der Waals surface area contributed by atoms with Crippen molar-refractivity contribution < 1.29 is 51.6 Å². The zero-order valence-electron chi connectivity index (χ0n) is 19.2. The molecule has 0 bridgehead atoms. The van der Waals surface area contributed by atoms with E-state index in [2.05, 4.69) is 0 Å². The van der Waals surface area contributed by atoms with Gasteiger partial charge in [0.2, 0.25) is 6.29 Å². The number of esters is 2. The predicted molar refractivity (Wildman–Crippen MR) is 118 cm³/mol. The Hall–Kier alpha value is -4.60.